The van der Waals surface area contributed by atoms with Crippen molar-refractivity contribution in [3.8, 4) is 0 Å². The average molecular weight is 155 g/mol. The smallest absolute Gasteiger partial charge is 0.131 e. The summed E-state index contributed by atoms with van der Waals surface area (Å²) in [5, 5.41) is 0. The van der Waals surface area contributed by atoms with Crippen LogP contribution < -0.4 is 0 Å². The van der Waals surface area contributed by atoms with Gasteiger partial charge in [-0.2, -0.15) is 0 Å². The highest BCUT2D eigenvalue weighted by Crippen LogP contribution is 2.24. The lowest BCUT2D eigenvalue weighted by Gasteiger charge is -2.21. The van der Waals surface area contributed by atoms with Crippen molar-refractivity contribution in [3.05, 3.63) is 0 Å². The van der Waals surface area contributed by atoms with E-state index in [0.29, 0.717) is 17.7 Å². The molecule has 1 aliphatic rings. The molecule has 1 rings (SSSR count). The van der Waals surface area contributed by atoms with Gasteiger partial charge in [-0.25, -0.2) is 0 Å². The lowest BCUT2D eigenvalue weighted by atomic mass is 9.98. The number of hydrogen-bond acceptors (Lipinski definition) is 2. The molecule has 0 aromatic heterocycles. The summed E-state index contributed by atoms with van der Waals surface area (Å²) in [6.07, 6.45) is 1.98. The molecule has 0 aromatic carbocycles. The van der Waals surface area contributed by atoms with E-state index in [1.165, 1.54) is 6.42 Å². The van der Waals surface area contributed by atoms with E-state index in [0.717, 1.165) is 13.0 Å². The van der Waals surface area contributed by atoms with E-state index >= 15 is 0 Å². The topological polar surface area (TPSA) is 20.3 Å². The normalized spacial score (nSPS) is 32.6. The number of carbonyl (C=O) groups is 1. The van der Waals surface area contributed by atoms with Crippen LogP contribution in [0.15, 0.2) is 0 Å². The number of Topliss-reactive ketones (excluding diaryl/α,β-unsaturated/α-hetero) is 1. The number of carbonyl (C=O) groups excluding carboxylic acids is 1. The second kappa shape index (κ2) is 3.35. The molecule has 2 atom stereocenters. The summed E-state index contributed by atoms with van der Waals surface area (Å²) in [6.45, 7) is 5.06. The third kappa shape index (κ3) is 2.03. The number of ketones is 1. The summed E-state index contributed by atoms with van der Waals surface area (Å²) in [4.78, 5) is 13.2. The van der Waals surface area contributed by atoms with Gasteiger partial charge in [0.15, 0.2) is 0 Å². The van der Waals surface area contributed by atoms with Crippen LogP contribution >= 0.6 is 0 Å². The molecule has 2 heteroatoms. The van der Waals surface area contributed by atoms with Crippen LogP contribution in [0, 0.1) is 5.92 Å². The monoisotopic (exact) mass is 155 g/mol. The molecular weight excluding hydrogens is 138 g/mol. The standard InChI is InChI=1S/C9H17NO/c1-7-4-5-10(3)9(7)6-8(2)11/h7,9H,4-6H2,1-3H3. The second-order valence-corrected chi connectivity index (χ2v) is 3.72. The van der Waals surface area contributed by atoms with Crippen molar-refractivity contribution in [1.82, 2.24) is 4.90 Å². The zero-order chi connectivity index (χ0) is 8.43. The Hall–Kier alpha value is -0.370. The summed E-state index contributed by atoms with van der Waals surface area (Å²) in [5.74, 6) is 1.01. The molecule has 0 saturated carbocycles. The van der Waals surface area contributed by atoms with Gasteiger partial charge in [-0.15, -0.1) is 0 Å². The minimum atomic E-state index is 0.315. The minimum absolute atomic E-state index is 0.315. The molecule has 2 unspecified atom stereocenters. The fraction of sp³-hybridized carbons (Fsp3) is 0.889. The van der Waals surface area contributed by atoms with E-state index in [1.54, 1.807) is 6.92 Å². The summed E-state index contributed by atoms with van der Waals surface area (Å²) in [6, 6.07) is 0.507. The Balaban J connectivity index is 2.47. The predicted molar refractivity (Wildman–Crippen MR) is 45.5 cm³/mol. The van der Waals surface area contributed by atoms with Gasteiger partial charge in [0.25, 0.3) is 0 Å². The average Bonchev–Trinajstić information content (AvgIpc) is 2.18. The van der Waals surface area contributed by atoms with Crippen molar-refractivity contribution in [2.45, 2.75) is 32.7 Å². The van der Waals surface area contributed by atoms with Crippen LogP contribution in [-0.2, 0) is 4.79 Å². The molecular formula is C9H17NO. The molecule has 0 spiro atoms. The Kier molecular flexibility index (Phi) is 2.66. The number of likely N-dealkylation sites (tertiary alicyclic amines) is 1. The zero-order valence-corrected chi connectivity index (χ0v) is 7.63. The van der Waals surface area contributed by atoms with Crippen LogP contribution in [0.5, 0.6) is 0 Å². The lowest BCUT2D eigenvalue weighted by molar-refractivity contribution is -0.118. The third-order valence-corrected chi connectivity index (χ3v) is 2.66. The summed E-state index contributed by atoms with van der Waals surface area (Å²) in [7, 11) is 2.11. The van der Waals surface area contributed by atoms with Crippen molar-refractivity contribution >= 4 is 5.78 Å². The van der Waals surface area contributed by atoms with Crippen molar-refractivity contribution < 1.29 is 4.79 Å². The van der Waals surface area contributed by atoms with E-state index in [9.17, 15) is 4.79 Å². The van der Waals surface area contributed by atoms with E-state index in [-0.39, 0.29) is 0 Å². The lowest BCUT2D eigenvalue weighted by Crippen LogP contribution is -2.30. The molecule has 1 aliphatic heterocycles. The maximum atomic E-state index is 10.9. The molecule has 1 fully saturated rings. The highest BCUT2D eigenvalue weighted by Gasteiger charge is 2.28. The molecule has 0 bridgehead atoms. The number of nitrogens with zero attached hydrogens (tertiary/aromatic N) is 1. The summed E-state index contributed by atoms with van der Waals surface area (Å²) >= 11 is 0. The van der Waals surface area contributed by atoms with Gasteiger partial charge in [-0.1, -0.05) is 6.92 Å². The molecule has 0 aliphatic carbocycles. The van der Waals surface area contributed by atoms with Gasteiger partial charge in [0.2, 0.25) is 0 Å². The first-order valence-corrected chi connectivity index (χ1v) is 4.31. The second-order valence-electron chi connectivity index (χ2n) is 3.72. The van der Waals surface area contributed by atoms with Crippen LogP contribution in [0.25, 0.3) is 0 Å². The molecule has 11 heavy (non-hydrogen) atoms. The summed E-state index contributed by atoms with van der Waals surface area (Å²) in [5.41, 5.74) is 0. The SMILES string of the molecule is CC(=O)CC1C(C)CCN1C. The first-order valence-electron chi connectivity index (χ1n) is 4.31. The Bertz CT molecular complexity index is 146. The molecule has 0 amide bonds. The molecule has 2 nitrogen and oxygen atoms in total. The largest absolute Gasteiger partial charge is 0.303 e. The van der Waals surface area contributed by atoms with Crippen LogP contribution in [-0.4, -0.2) is 30.3 Å². The van der Waals surface area contributed by atoms with Gasteiger partial charge in [-0.3, -0.25) is 4.79 Å². The van der Waals surface area contributed by atoms with Crippen LogP contribution in [0.3, 0.4) is 0 Å². The van der Waals surface area contributed by atoms with Crippen molar-refractivity contribution in [3.63, 3.8) is 0 Å². The van der Waals surface area contributed by atoms with Gasteiger partial charge in [-0.05, 0) is 32.9 Å². The van der Waals surface area contributed by atoms with Crippen molar-refractivity contribution in [1.29, 1.82) is 0 Å². The predicted octanol–water partition coefficient (Wildman–Crippen LogP) is 1.31. The Morgan fingerprint density at radius 1 is 1.64 bits per heavy atom. The first-order chi connectivity index (χ1) is 5.11. The molecule has 1 heterocycles. The van der Waals surface area contributed by atoms with Crippen LogP contribution in [0.2, 0.25) is 0 Å². The quantitative estimate of drug-likeness (QED) is 0.599. The molecule has 0 radical (unpaired) electrons. The first kappa shape index (κ1) is 8.72. The van der Waals surface area contributed by atoms with Gasteiger partial charge in [0.1, 0.15) is 5.78 Å². The minimum Gasteiger partial charge on any atom is -0.303 e. The van der Waals surface area contributed by atoms with Crippen molar-refractivity contribution in [2.75, 3.05) is 13.6 Å². The van der Waals surface area contributed by atoms with Crippen molar-refractivity contribution in [2.24, 2.45) is 5.92 Å². The van der Waals surface area contributed by atoms with E-state index in [1.807, 2.05) is 0 Å². The van der Waals surface area contributed by atoms with Crippen LogP contribution in [0.1, 0.15) is 26.7 Å². The van der Waals surface area contributed by atoms with Gasteiger partial charge >= 0.3 is 0 Å². The molecule has 0 aromatic rings. The van der Waals surface area contributed by atoms with Gasteiger partial charge in [0.05, 0.1) is 0 Å². The van der Waals surface area contributed by atoms with E-state index in [2.05, 4.69) is 18.9 Å². The number of rotatable bonds is 2. The van der Waals surface area contributed by atoms with Gasteiger partial charge in [0, 0.05) is 12.5 Å². The van der Waals surface area contributed by atoms with E-state index < -0.39 is 0 Å². The molecule has 64 valence electrons. The zero-order valence-electron chi connectivity index (χ0n) is 7.63. The van der Waals surface area contributed by atoms with E-state index in [4.69, 9.17) is 0 Å². The Morgan fingerprint density at radius 2 is 2.27 bits per heavy atom. The Morgan fingerprint density at radius 3 is 2.64 bits per heavy atom. The summed E-state index contributed by atoms with van der Waals surface area (Å²) < 4.78 is 0. The molecule has 1 saturated heterocycles. The highest BCUT2D eigenvalue weighted by molar-refractivity contribution is 5.76. The van der Waals surface area contributed by atoms with Crippen LogP contribution in [0.4, 0.5) is 0 Å². The maximum absolute atomic E-state index is 10.9. The molecule has 0 N–H and O–H groups in total. The van der Waals surface area contributed by atoms with Gasteiger partial charge < -0.3 is 4.90 Å². The third-order valence-electron chi connectivity index (χ3n) is 2.66. The number of hydrogen-bond donors (Lipinski definition) is 0. The Labute approximate surface area is 68.6 Å². The maximum Gasteiger partial charge on any atom is 0.131 e. The fourth-order valence-electron chi connectivity index (χ4n) is 1.85. The highest BCUT2D eigenvalue weighted by atomic mass is 16.1. The fourth-order valence-corrected chi connectivity index (χ4v) is 1.85.